The zero-order chi connectivity index (χ0) is 15.0. The minimum absolute atomic E-state index is 0.0978. The summed E-state index contributed by atoms with van der Waals surface area (Å²) in [6.45, 7) is 14.8. The second-order valence-corrected chi connectivity index (χ2v) is 5.01. The van der Waals surface area contributed by atoms with Gasteiger partial charge in [0.05, 0.1) is 0 Å². The molecule has 0 amide bonds. The molecule has 0 spiro atoms. The van der Waals surface area contributed by atoms with E-state index in [0.717, 1.165) is 16.2 Å². The SMILES string of the molecule is C=C/C=C\C(O)=C(/C=C)C1NC(=C/C=C)/C(=C\C=C)S1. The Morgan fingerprint density at radius 3 is 2.35 bits per heavy atom. The van der Waals surface area contributed by atoms with Crippen molar-refractivity contribution in [3.05, 3.63) is 96.9 Å². The molecule has 1 atom stereocenters. The van der Waals surface area contributed by atoms with Crippen molar-refractivity contribution < 1.29 is 5.11 Å². The van der Waals surface area contributed by atoms with Crippen LogP contribution < -0.4 is 5.32 Å². The van der Waals surface area contributed by atoms with E-state index in [-0.39, 0.29) is 11.1 Å². The topological polar surface area (TPSA) is 32.3 Å². The standard InChI is InChI=1S/C17H19NOS/c1-5-9-12-15(19)13(8-4)17-18-14(10-6-2)16(20-17)11-7-3/h5-12,17-19H,1-4H2/b12-9-,14-10+,15-13-,16-11+. The number of aliphatic hydroxyl groups is 1. The fourth-order valence-electron chi connectivity index (χ4n) is 1.66. The monoisotopic (exact) mass is 285 g/mol. The van der Waals surface area contributed by atoms with Crippen LogP contribution in [0.1, 0.15) is 0 Å². The number of rotatable bonds is 6. The number of nitrogens with one attached hydrogen (secondary N) is 1. The highest BCUT2D eigenvalue weighted by molar-refractivity contribution is 8.04. The number of hydrogen-bond acceptors (Lipinski definition) is 3. The van der Waals surface area contributed by atoms with E-state index in [9.17, 15) is 5.11 Å². The van der Waals surface area contributed by atoms with E-state index in [1.54, 1.807) is 48.2 Å². The van der Waals surface area contributed by atoms with Crippen molar-refractivity contribution >= 4 is 11.8 Å². The Balaban J connectivity index is 3.12. The summed E-state index contributed by atoms with van der Waals surface area (Å²) in [5.74, 6) is 0.169. The second-order valence-electron chi connectivity index (χ2n) is 3.86. The summed E-state index contributed by atoms with van der Waals surface area (Å²) in [4.78, 5) is 1.05. The van der Waals surface area contributed by atoms with Crippen LogP contribution in [0.5, 0.6) is 0 Å². The third-order valence-electron chi connectivity index (χ3n) is 2.54. The van der Waals surface area contributed by atoms with Gasteiger partial charge in [0.2, 0.25) is 0 Å². The first-order valence-electron chi connectivity index (χ1n) is 6.11. The van der Waals surface area contributed by atoms with Crippen molar-refractivity contribution in [3.8, 4) is 0 Å². The summed E-state index contributed by atoms with van der Waals surface area (Å²) in [7, 11) is 0. The van der Waals surface area contributed by atoms with Gasteiger partial charge in [0.25, 0.3) is 0 Å². The van der Waals surface area contributed by atoms with Crippen LogP contribution >= 0.6 is 11.8 Å². The molecule has 2 N–H and O–H groups in total. The lowest BCUT2D eigenvalue weighted by molar-refractivity contribution is 0.425. The second kappa shape index (κ2) is 8.12. The van der Waals surface area contributed by atoms with Crippen molar-refractivity contribution in [1.82, 2.24) is 5.32 Å². The Hall–Kier alpha value is -2.13. The molecule has 0 aliphatic carbocycles. The average Bonchev–Trinajstić information content (AvgIpc) is 2.81. The summed E-state index contributed by atoms with van der Waals surface area (Å²) in [5.41, 5.74) is 1.67. The maximum absolute atomic E-state index is 10.1. The molecule has 0 radical (unpaired) electrons. The van der Waals surface area contributed by atoms with E-state index in [4.69, 9.17) is 0 Å². The van der Waals surface area contributed by atoms with Gasteiger partial charge in [-0.3, -0.25) is 0 Å². The number of aliphatic hydroxyl groups excluding tert-OH is 1. The zero-order valence-electron chi connectivity index (χ0n) is 11.4. The molecule has 0 saturated carbocycles. The molecule has 20 heavy (non-hydrogen) atoms. The van der Waals surface area contributed by atoms with Gasteiger partial charge in [-0.2, -0.15) is 0 Å². The van der Waals surface area contributed by atoms with E-state index < -0.39 is 0 Å². The van der Waals surface area contributed by atoms with E-state index in [2.05, 4.69) is 31.6 Å². The van der Waals surface area contributed by atoms with Crippen molar-refractivity contribution in [2.45, 2.75) is 5.37 Å². The lowest BCUT2D eigenvalue weighted by Gasteiger charge is -2.12. The highest BCUT2D eigenvalue weighted by Crippen LogP contribution is 2.38. The summed E-state index contributed by atoms with van der Waals surface area (Å²) in [5, 5.41) is 13.3. The van der Waals surface area contributed by atoms with Gasteiger partial charge in [-0.05, 0) is 18.2 Å². The van der Waals surface area contributed by atoms with Crippen molar-refractivity contribution in [1.29, 1.82) is 0 Å². The predicted molar refractivity (Wildman–Crippen MR) is 90.3 cm³/mol. The van der Waals surface area contributed by atoms with Crippen LogP contribution in [0.25, 0.3) is 0 Å². The van der Waals surface area contributed by atoms with Crippen LogP contribution in [0.15, 0.2) is 96.9 Å². The predicted octanol–water partition coefficient (Wildman–Crippen LogP) is 4.53. The van der Waals surface area contributed by atoms with Gasteiger partial charge in [-0.15, -0.1) is 0 Å². The number of thioether (sulfide) groups is 1. The molecule has 1 heterocycles. The Morgan fingerprint density at radius 2 is 1.80 bits per heavy atom. The van der Waals surface area contributed by atoms with Gasteiger partial charge in [0.15, 0.2) is 0 Å². The smallest absolute Gasteiger partial charge is 0.121 e. The molecule has 3 heteroatoms. The molecule has 0 aromatic carbocycles. The Kier molecular flexibility index (Phi) is 6.47. The molecule has 104 valence electrons. The van der Waals surface area contributed by atoms with Crippen molar-refractivity contribution in [3.63, 3.8) is 0 Å². The summed E-state index contributed by atoms with van der Waals surface area (Å²) >= 11 is 1.59. The Labute approximate surface area is 125 Å². The quantitative estimate of drug-likeness (QED) is 0.555. The van der Waals surface area contributed by atoms with Gasteiger partial charge in [-0.25, -0.2) is 0 Å². The molecule has 2 nitrogen and oxygen atoms in total. The highest BCUT2D eigenvalue weighted by atomic mass is 32.2. The molecule has 0 bridgehead atoms. The van der Waals surface area contributed by atoms with Gasteiger partial charge >= 0.3 is 0 Å². The van der Waals surface area contributed by atoms with Gasteiger partial charge in [0, 0.05) is 16.2 Å². The first kappa shape index (κ1) is 15.9. The van der Waals surface area contributed by atoms with Crippen LogP contribution in [0.2, 0.25) is 0 Å². The fourth-order valence-corrected chi connectivity index (χ4v) is 2.87. The summed E-state index contributed by atoms with van der Waals surface area (Å²) in [6, 6.07) is 0. The third kappa shape index (κ3) is 3.93. The zero-order valence-corrected chi connectivity index (χ0v) is 12.2. The fraction of sp³-hybridized carbons (Fsp3) is 0.0588. The van der Waals surface area contributed by atoms with E-state index in [0.29, 0.717) is 0 Å². The van der Waals surface area contributed by atoms with Crippen molar-refractivity contribution in [2.75, 3.05) is 0 Å². The van der Waals surface area contributed by atoms with E-state index >= 15 is 0 Å². The lowest BCUT2D eigenvalue weighted by atomic mass is 10.2. The molecule has 0 aromatic rings. The Morgan fingerprint density at radius 1 is 1.10 bits per heavy atom. The van der Waals surface area contributed by atoms with Crippen LogP contribution in [0, 0.1) is 0 Å². The van der Waals surface area contributed by atoms with Gasteiger partial charge < -0.3 is 10.4 Å². The first-order chi connectivity index (χ1) is 9.67. The Bertz CT molecular complexity index is 509. The molecule has 1 rings (SSSR count). The molecule has 1 saturated heterocycles. The van der Waals surface area contributed by atoms with E-state index in [1.165, 1.54) is 0 Å². The van der Waals surface area contributed by atoms with E-state index in [1.807, 2.05) is 12.2 Å². The molecular weight excluding hydrogens is 266 g/mol. The number of allylic oxidation sites excluding steroid dienone is 7. The molecule has 1 fully saturated rings. The van der Waals surface area contributed by atoms with Crippen LogP contribution in [-0.2, 0) is 0 Å². The minimum atomic E-state index is -0.0978. The van der Waals surface area contributed by atoms with Gasteiger partial charge in [-0.1, -0.05) is 68.5 Å². The number of hydrogen-bond donors (Lipinski definition) is 2. The maximum Gasteiger partial charge on any atom is 0.121 e. The summed E-state index contributed by atoms with van der Waals surface area (Å²) in [6.07, 6.45) is 13.8. The average molecular weight is 285 g/mol. The lowest BCUT2D eigenvalue weighted by Crippen LogP contribution is -2.20. The molecular formula is C17H19NOS. The normalized spacial score (nSPS) is 23.5. The molecule has 1 aliphatic heterocycles. The minimum Gasteiger partial charge on any atom is -0.508 e. The first-order valence-corrected chi connectivity index (χ1v) is 6.99. The van der Waals surface area contributed by atoms with Gasteiger partial charge in [0.1, 0.15) is 11.1 Å². The van der Waals surface area contributed by atoms with Crippen molar-refractivity contribution in [2.24, 2.45) is 0 Å². The van der Waals surface area contributed by atoms with Crippen LogP contribution in [-0.4, -0.2) is 10.5 Å². The molecule has 1 unspecified atom stereocenters. The maximum atomic E-state index is 10.1. The third-order valence-corrected chi connectivity index (χ3v) is 3.76. The molecule has 0 aromatic heterocycles. The van der Waals surface area contributed by atoms with Crippen LogP contribution in [0.3, 0.4) is 0 Å². The highest BCUT2D eigenvalue weighted by Gasteiger charge is 2.26. The summed E-state index contributed by atoms with van der Waals surface area (Å²) < 4.78 is 0. The molecule has 1 aliphatic rings. The van der Waals surface area contributed by atoms with Crippen LogP contribution in [0.4, 0.5) is 0 Å². The largest absolute Gasteiger partial charge is 0.508 e.